The summed E-state index contributed by atoms with van der Waals surface area (Å²) in [5.74, 6) is 0.848. The van der Waals surface area contributed by atoms with Crippen molar-refractivity contribution in [3.05, 3.63) is 25.6 Å². The molecule has 2 rings (SSSR count). The van der Waals surface area contributed by atoms with Crippen LogP contribution >= 0.6 is 47.8 Å². The van der Waals surface area contributed by atoms with Crippen LogP contribution in [0.2, 0.25) is 0 Å². The summed E-state index contributed by atoms with van der Waals surface area (Å²) in [6.07, 6.45) is 6.54. The number of nitrogens with one attached hydrogen (secondary N) is 1. The fourth-order valence-corrected chi connectivity index (χ4v) is 5.68. The van der Waals surface area contributed by atoms with Gasteiger partial charge in [0.1, 0.15) is 0 Å². The number of benzene rings is 1. The first kappa shape index (κ1) is 17.8. The highest BCUT2D eigenvalue weighted by atomic mass is 79.9. The molecule has 1 aromatic carbocycles. The summed E-state index contributed by atoms with van der Waals surface area (Å²) in [4.78, 5) is 0. The minimum Gasteiger partial charge on any atom is -0.380 e. The number of rotatable bonds is 2. The normalized spacial score (nSPS) is 23.7. The zero-order valence-electron chi connectivity index (χ0n) is 13.0. The van der Waals surface area contributed by atoms with Crippen molar-refractivity contribution in [2.45, 2.75) is 58.9 Å². The molecule has 1 nitrogen and oxygen atoms in total. The number of hydrogen-bond acceptors (Lipinski definition) is 1. The van der Waals surface area contributed by atoms with E-state index >= 15 is 0 Å². The summed E-state index contributed by atoms with van der Waals surface area (Å²) in [7, 11) is 0. The second-order valence-electron chi connectivity index (χ2n) is 7.16. The fourth-order valence-electron chi connectivity index (χ4n) is 3.20. The van der Waals surface area contributed by atoms with E-state index in [1.54, 1.807) is 0 Å². The largest absolute Gasteiger partial charge is 0.380 e. The molecule has 1 N–H and O–H groups in total. The van der Waals surface area contributed by atoms with Crippen molar-refractivity contribution in [1.29, 1.82) is 0 Å². The summed E-state index contributed by atoms with van der Waals surface area (Å²) in [5, 5.41) is 3.74. The average molecular weight is 482 g/mol. The Bertz CT molecular complexity index is 470. The Hall–Kier alpha value is 0.460. The Kier molecular flexibility index (Phi) is 6.24. The highest BCUT2D eigenvalue weighted by Gasteiger charge is 2.28. The first-order valence-electron chi connectivity index (χ1n) is 7.68. The summed E-state index contributed by atoms with van der Waals surface area (Å²) in [5.41, 5.74) is 1.62. The Morgan fingerprint density at radius 1 is 0.952 bits per heavy atom. The van der Waals surface area contributed by atoms with Gasteiger partial charge in [-0.05, 0) is 81.0 Å². The van der Waals surface area contributed by atoms with Gasteiger partial charge in [0.15, 0.2) is 0 Å². The van der Waals surface area contributed by atoms with Gasteiger partial charge in [-0.15, -0.1) is 0 Å². The van der Waals surface area contributed by atoms with Gasteiger partial charge >= 0.3 is 0 Å². The highest BCUT2D eigenvalue weighted by Crippen LogP contribution is 2.39. The number of hydrogen-bond donors (Lipinski definition) is 1. The van der Waals surface area contributed by atoms with Gasteiger partial charge in [0.05, 0.1) is 5.69 Å². The second-order valence-corrected chi connectivity index (χ2v) is 9.78. The maximum Gasteiger partial charge on any atom is 0.0631 e. The average Bonchev–Trinajstić information content (AvgIpc) is 2.58. The summed E-state index contributed by atoms with van der Waals surface area (Å²) < 4.78 is 3.31. The van der Waals surface area contributed by atoms with Crippen molar-refractivity contribution in [2.24, 2.45) is 11.3 Å². The molecule has 1 aliphatic rings. The van der Waals surface area contributed by atoms with Gasteiger partial charge < -0.3 is 5.32 Å². The van der Waals surface area contributed by atoms with Crippen LogP contribution in [0.3, 0.4) is 0 Å². The molecule has 1 saturated carbocycles. The number of anilines is 1. The van der Waals surface area contributed by atoms with Crippen LogP contribution in [0.1, 0.15) is 52.9 Å². The third kappa shape index (κ3) is 4.97. The van der Waals surface area contributed by atoms with E-state index in [1.807, 2.05) is 0 Å². The van der Waals surface area contributed by atoms with Gasteiger partial charge in [0.2, 0.25) is 0 Å². The Balaban J connectivity index is 2.05. The molecule has 0 saturated heterocycles. The van der Waals surface area contributed by atoms with Crippen LogP contribution in [0.25, 0.3) is 0 Å². The van der Waals surface area contributed by atoms with Gasteiger partial charge in [-0.3, -0.25) is 0 Å². The Morgan fingerprint density at radius 3 is 2.14 bits per heavy atom. The van der Waals surface area contributed by atoms with Crippen LogP contribution in [0.4, 0.5) is 5.69 Å². The predicted octanol–water partition coefficient (Wildman–Crippen LogP) is 7.38. The van der Waals surface area contributed by atoms with Crippen molar-refractivity contribution in [1.82, 2.24) is 0 Å². The van der Waals surface area contributed by atoms with E-state index in [4.69, 9.17) is 0 Å². The minimum absolute atomic E-state index is 0.438. The quantitative estimate of drug-likeness (QED) is 0.434. The second kappa shape index (κ2) is 7.35. The lowest BCUT2D eigenvalue weighted by atomic mass is 9.76. The molecular weight excluding hydrogens is 458 g/mol. The molecule has 2 atom stereocenters. The van der Waals surface area contributed by atoms with Crippen molar-refractivity contribution in [3.8, 4) is 0 Å². The Morgan fingerprint density at radius 2 is 1.57 bits per heavy atom. The maximum absolute atomic E-state index is 3.74. The lowest BCUT2D eigenvalue weighted by Crippen LogP contribution is -2.22. The van der Waals surface area contributed by atoms with Gasteiger partial charge in [0, 0.05) is 19.5 Å². The van der Waals surface area contributed by atoms with Crippen molar-refractivity contribution in [2.75, 3.05) is 5.32 Å². The summed E-state index contributed by atoms with van der Waals surface area (Å²) >= 11 is 10.9. The van der Waals surface area contributed by atoms with Crippen LogP contribution in [-0.2, 0) is 0 Å². The molecular formula is C17H24Br3N. The molecule has 4 heteroatoms. The fraction of sp³-hybridized carbons (Fsp3) is 0.647. The lowest BCUT2D eigenvalue weighted by Gasteiger charge is -2.29. The molecule has 1 aliphatic carbocycles. The zero-order chi connectivity index (χ0) is 15.6. The molecule has 118 valence electrons. The molecule has 0 bridgehead atoms. The van der Waals surface area contributed by atoms with E-state index in [0.29, 0.717) is 11.5 Å². The van der Waals surface area contributed by atoms with Crippen molar-refractivity contribution < 1.29 is 0 Å². The highest BCUT2D eigenvalue weighted by molar-refractivity contribution is 9.11. The van der Waals surface area contributed by atoms with Crippen LogP contribution in [0.15, 0.2) is 25.6 Å². The molecule has 0 aliphatic heterocycles. The molecule has 1 fully saturated rings. The first-order valence-corrected chi connectivity index (χ1v) is 10.1. The van der Waals surface area contributed by atoms with Crippen LogP contribution in [0.5, 0.6) is 0 Å². The molecule has 0 radical (unpaired) electrons. The Labute approximate surface area is 154 Å². The van der Waals surface area contributed by atoms with E-state index in [1.165, 1.54) is 37.8 Å². The van der Waals surface area contributed by atoms with Crippen LogP contribution < -0.4 is 5.32 Å². The van der Waals surface area contributed by atoms with E-state index in [0.717, 1.165) is 19.3 Å². The smallest absolute Gasteiger partial charge is 0.0631 e. The van der Waals surface area contributed by atoms with E-state index in [9.17, 15) is 0 Å². The van der Waals surface area contributed by atoms with Gasteiger partial charge in [-0.2, -0.15) is 0 Å². The van der Waals surface area contributed by atoms with Gasteiger partial charge in [-0.25, -0.2) is 0 Å². The summed E-state index contributed by atoms with van der Waals surface area (Å²) in [6, 6.07) is 4.77. The third-order valence-electron chi connectivity index (χ3n) is 4.55. The van der Waals surface area contributed by atoms with E-state index < -0.39 is 0 Å². The van der Waals surface area contributed by atoms with Crippen molar-refractivity contribution >= 4 is 53.5 Å². The SMILES string of the molecule is CC(C)(C)C1CCCC(Nc2c(Br)cc(Br)cc2Br)CC1. The summed E-state index contributed by atoms with van der Waals surface area (Å²) in [6.45, 7) is 7.15. The minimum atomic E-state index is 0.438. The molecule has 0 heterocycles. The topological polar surface area (TPSA) is 12.0 Å². The van der Waals surface area contributed by atoms with E-state index in [-0.39, 0.29) is 0 Å². The van der Waals surface area contributed by atoms with Crippen LogP contribution in [0, 0.1) is 11.3 Å². The van der Waals surface area contributed by atoms with Crippen molar-refractivity contribution in [3.63, 3.8) is 0 Å². The number of halogens is 3. The van der Waals surface area contributed by atoms with E-state index in [2.05, 4.69) is 86.0 Å². The molecule has 2 unspecified atom stereocenters. The molecule has 0 aromatic heterocycles. The predicted molar refractivity (Wildman–Crippen MR) is 103 cm³/mol. The zero-order valence-corrected chi connectivity index (χ0v) is 17.7. The van der Waals surface area contributed by atoms with Gasteiger partial charge in [0.25, 0.3) is 0 Å². The maximum atomic E-state index is 3.74. The third-order valence-corrected chi connectivity index (χ3v) is 6.26. The molecule has 0 amide bonds. The van der Waals surface area contributed by atoms with Crippen LogP contribution in [-0.4, -0.2) is 6.04 Å². The molecule has 21 heavy (non-hydrogen) atoms. The van der Waals surface area contributed by atoms with Gasteiger partial charge in [-0.1, -0.05) is 43.1 Å². The standard InChI is InChI=1S/C17H24Br3N/c1-17(2,3)11-5-4-6-13(8-7-11)21-16-14(19)9-12(18)10-15(16)20/h9-11,13,21H,4-8H2,1-3H3. The monoisotopic (exact) mass is 479 g/mol. The molecule has 1 aromatic rings. The lowest BCUT2D eigenvalue weighted by molar-refractivity contribution is 0.214. The molecule has 0 spiro atoms. The first-order chi connectivity index (χ1) is 9.77.